The summed E-state index contributed by atoms with van der Waals surface area (Å²) >= 11 is 0. The Morgan fingerprint density at radius 3 is 2.40 bits per heavy atom. The normalized spacial score (nSPS) is 11.3. The highest BCUT2D eigenvalue weighted by Gasteiger charge is 2.07. The number of hydrogen-bond donors (Lipinski definition) is 1. The highest BCUT2D eigenvalue weighted by atomic mass is 14.9. The third-order valence-electron chi connectivity index (χ3n) is 2.79. The summed E-state index contributed by atoms with van der Waals surface area (Å²) in [6.45, 7) is 4.11. The molecule has 0 saturated heterocycles. The molecule has 0 radical (unpaired) electrons. The molecule has 2 aromatic heterocycles. The van der Waals surface area contributed by atoms with Crippen LogP contribution >= 0.6 is 0 Å². The van der Waals surface area contributed by atoms with E-state index in [0.717, 1.165) is 27.9 Å². The Bertz CT molecular complexity index is 652. The smallest absolute Gasteiger partial charge is 0.157 e. The monoisotopic (exact) mass is 197 g/mol. The minimum Gasteiger partial charge on any atom is -0.342 e. The molecule has 0 spiro atoms. The van der Waals surface area contributed by atoms with E-state index in [9.17, 15) is 0 Å². The largest absolute Gasteiger partial charge is 0.342 e. The molecule has 3 aromatic rings. The van der Waals surface area contributed by atoms with Gasteiger partial charge in [0.1, 0.15) is 5.52 Å². The molecule has 0 fully saturated rings. The summed E-state index contributed by atoms with van der Waals surface area (Å²) in [5, 5.41) is 0. The van der Waals surface area contributed by atoms with Crippen LogP contribution in [0.2, 0.25) is 0 Å². The van der Waals surface area contributed by atoms with Gasteiger partial charge in [-0.25, -0.2) is 9.97 Å². The van der Waals surface area contributed by atoms with Crippen LogP contribution in [0.4, 0.5) is 0 Å². The number of aromatic amines is 1. The summed E-state index contributed by atoms with van der Waals surface area (Å²) < 4.78 is 0. The van der Waals surface area contributed by atoms with Gasteiger partial charge in [0.2, 0.25) is 0 Å². The molecule has 15 heavy (non-hydrogen) atoms. The molecule has 0 amide bonds. The fourth-order valence-electron chi connectivity index (χ4n) is 1.80. The van der Waals surface area contributed by atoms with Crippen LogP contribution in [0.15, 0.2) is 24.3 Å². The zero-order chi connectivity index (χ0) is 10.4. The summed E-state index contributed by atoms with van der Waals surface area (Å²) in [5.41, 5.74) is 6.07. The van der Waals surface area contributed by atoms with E-state index in [1.807, 2.05) is 31.2 Å². The fraction of sp³-hybridized carbons (Fsp3) is 0.167. The quantitative estimate of drug-likeness (QED) is 0.602. The zero-order valence-corrected chi connectivity index (χ0v) is 8.70. The second-order valence-electron chi connectivity index (χ2n) is 3.78. The minimum atomic E-state index is 0.878. The van der Waals surface area contributed by atoms with E-state index in [1.54, 1.807) is 0 Å². The molecule has 2 heterocycles. The van der Waals surface area contributed by atoms with E-state index in [-0.39, 0.29) is 0 Å². The molecular weight excluding hydrogens is 186 g/mol. The van der Waals surface area contributed by atoms with Crippen molar-refractivity contribution in [2.45, 2.75) is 13.8 Å². The summed E-state index contributed by atoms with van der Waals surface area (Å²) in [4.78, 5) is 12.4. The predicted molar refractivity (Wildman–Crippen MR) is 60.9 cm³/mol. The van der Waals surface area contributed by atoms with Gasteiger partial charge in [-0.3, -0.25) is 0 Å². The lowest BCUT2D eigenvalue weighted by atomic mass is 10.2. The number of rotatable bonds is 0. The highest BCUT2D eigenvalue weighted by molar-refractivity contribution is 5.86. The van der Waals surface area contributed by atoms with Gasteiger partial charge in [0, 0.05) is 5.69 Å². The summed E-state index contributed by atoms with van der Waals surface area (Å²) in [6.07, 6.45) is 0. The fourth-order valence-corrected chi connectivity index (χ4v) is 1.80. The Morgan fingerprint density at radius 2 is 1.67 bits per heavy atom. The minimum absolute atomic E-state index is 0.878. The molecule has 1 aromatic carbocycles. The van der Waals surface area contributed by atoms with Gasteiger partial charge in [0.05, 0.1) is 11.0 Å². The molecule has 0 atom stereocenters. The second-order valence-corrected chi connectivity index (χ2v) is 3.78. The number of aromatic nitrogens is 3. The van der Waals surface area contributed by atoms with Crippen LogP contribution in [0.3, 0.4) is 0 Å². The van der Waals surface area contributed by atoms with Gasteiger partial charge in [0.25, 0.3) is 0 Å². The number of para-hydroxylation sites is 2. The van der Waals surface area contributed by atoms with Crippen LogP contribution in [0.5, 0.6) is 0 Å². The van der Waals surface area contributed by atoms with Crippen molar-refractivity contribution in [1.82, 2.24) is 15.0 Å². The molecule has 3 nitrogen and oxygen atoms in total. The first-order valence-corrected chi connectivity index (χ1v) is 4.97. The standard InChI is InChI=1S/C12H11N3/c1-7-8(2)13-12-11(7)14-9-5-3-4-6-10(9)15-12/h3-6H,1-2H3,(H,13,15). The number of aryl methyl sites for hydroxylation is 2. The van der Waals surface area contributed by atoms with Crippen molar-refractivity contribution < 1.29 is 0 Å². The van der Waals surface area contributed by atoms with E-state index < -0.39 is 0 Å². The first-order chi connectivity index (χ1) is 7.25. The topological polar surface area (TPSA) is 41.6 Å². The van der Waals surface area contributed by atoms with Crippen LogP contribution < -0.4 is 0 Å². The Balaban J connectivity index is 2.53. The molecule has 74 valence electrons. The number of nitrogens with one attached hydrogen (secondary N) is 1. The van der Waals surface area contributed by atoms with Gasteiger partial charge < -0.3 is 4.98 Å². The molecule has 1 N–H and O–H groups in total. The van der Waals surface area contributed by atoms with E-state index in [0.29, 0.717) is 0 Å². The van der Waals surface area contributed by atoms with Crippen LogP contribution in [0.1, 0.15) is 11.3 Å². The predicted octanol–water partition coefficient (Wildman–Crippen LogP) is 2.73. The van der Waals surface area contributed by atoms with Crippen molar-refractivity contribution in [3.8, 4) is 0 Å². The summed E-state index contributed by atoms with van der Waals surface area (Å²) in [5.74, 6) is 0. The van der Waals surface area contributed by atoms with E-state index in [4.69, 9.17) is 0 Å². The molecule has 3 rings (SSSR count). The highest BCUT2D eigenvalue weighted by Crippen LogP contribution is 2.20. The average Bonchev–Trinajstić information content (AvgIpc) is 2.52. The Morgan fingerprint density at radius 1 is 1.00 bits per heavy atom. The van der Waals surface area contributed by atoms with Gasteiger partial charge in [-0.1, -0.05) is 12.1 Å². The molecule has 0 aliphatic carbocycles. The van der Waals surface area contributed by atoms with E-state index in [2.05, 4.69) is 21.9 Å². The van der Waals surface area contributed by atoms with Gasteiger partial charge in [0.15, 0.2) is 5.65 Å². The Labute approximate surface area is 87.2 Å². The number of benzene rings is 1. The van der Waals surface area contributed by atoms with Crippen molar-refractivity contribution in [3.63, 3.8) is 0 Å². The third kappa shape index (κ3) is 1.13. The van der Waals surface area contributed by atoms with Crippen molar-refractivity contribution in [1.29, 1.82) is 0 Å². The number of hydrogen-bond acceptors (Lipinski definition) is 2. The van der Waals surface area contributed by atoms with Crippen LogP contribution in [0.25, 0.3) is 22.2 Å². The zero-order valence-electron chi connectivity index (χ0n) is 8.70. The third-order valence-corrected chi connectivity index (χ3v) is 2.79. The molecule has 0 aliphatic heterocycles. The maximum atomic E-state index is 4.60. The molecule has 3 heteroatoms. The van der Waals surface area contributed by atoms with Crippen LogP contribution in [-0.4, -0.2) is 15.0 Å². The summed E-state index contributed by atoms with van der Waals surface area (Å²) in [7, 11) is 0. The first kappa shape index (κ1) is 8.41. The maximum absolute atomic E-state index is 4.60. The maximum Gasteiger partial charge on any atom is 0.157 e. The first-order valence-electron chi connectivity index (χ1n) is 4.97. The Hall–Kier alpha value is -1.90. The second kappa shape index (κ2) is 2.79. The van der Waals surface area contributed by atoms with Crippen molar-refractivity contribution in [2.75, 3.05) is 0 Å². The lowest BCUT2D eigenvalue weighted by Gasteiger charge is -1.96. The van der Waals surface area contributed by atoms with Crippen LogP contribution in [0, 0.1) is 13.8 Å². The van der Waals surface area contributed by atoms with E-state index in [1.165, 1.54) is 5.56 Å². The van der Waals surface area contributed by atoms with Gasteiger partial charge >= 0.3 is 0 Å². The molecule has 0 aliphatic rings. The van der Waals surface area contributed by atoms with Gasteiger partial charge in [-0.05, 0) is 31.5 Å². The molecule has 0 saturated carbocycles. The van der Waals surface area contributed by atoms with Gasteiger partial charge in [-0.2, -0.15) is 0 Å². The molecule has 0 unspecified atom stereocenters. The summed E-state index contributed by atoms with van der Waals surface area (Å²) in [6, 6.07) is 7.93. The van der Waals surface area contributed by atoms with E-state index >= 15 is 0 Å². The van der Waals surface area contributed by atoms with Crippen LogP contribution in [-0.2, 0) is 0 Å². The van der Waals surface area contributed by atoms with Crippen molar-refractivity contribution in [2.24, 2.45) is 0 Å². The van der Waals surface area contributed by atoms with Crippen molar-refractivity contribution >= 4 is 22.2 Å². The lowest BCUT2D eigenvalue weighted by Crippen LogP contribution is -1.85. The molecule has 0 bridgehead atoms. The number of H-pyrrole nitrogens is 1. The van der Waals surface area contributed by atoms with Gasteiger partial charge in [-0.15, -0.1) is 0 Å². The molecular formula is C12H11N3. The average molecular weight is 197 g/mol. The Kier molecular flexibility index (Phi) is 1.57. The number of fused-ring (bicyclic) bond motifs is 2. The number of nitrogens with zero attached hydrogens (tertiary/aromatic N) is 2. The van der Waals surface area contributed by atoms with Crippen molar-refractivity contribution in [3.05, 3.63) is 35.5 Å². The SMILES string of the molecule is Cc1[nH]c2nc3ccccc3nc2c1C. The lowest BCUT2D eigenvalue weighted by molar-refractivity contribution is 1.23.